The second-order valence-corrected chi connectivity index (χ2v) is 5.63. The van der Waals surface area contributed by atoms with Crippen LogP contribution in [0.15, 0.2) is 51.4 Å². The quantitative estimate of drug-likeness (QED) is 0.613. The Morgan fingerprint density at radius 2 is 2.13 bits per heavy atom. The molecule has 120 valence electrons. The largest absolute Gasteiger partial charge is 0.469 e. The second kappa shape index (κ2) is 8.33. The summed E-state index contributed by atoms with van der Waals surface area (Å²) in [6.07, 6.45) is 3.69. The zero-order valence-corrected chi connectivity index (χ0v) is 14.1. The van der Waals surface area contributed by atoms with Gasteiger partial charge in [0.1, 0.15) is 11.5 Å². The van der Waals surface area contributed by atoms with Crippen molar-refractivity contribution in [3.8, 4) is 0 Å². The lowest BCUT2D eigenvalue weighted by molar-refractivity contribution is -0.140. The van der Waals surface area contributed by atoms with Crippen LogP contribution in [0.25, 0.3) is 6.08 Å². The summed E-state index contributed by atoms with van der Waals surface area (Å²) in [6, 6.07) is 10.8. The van der Waals surface area contributed by atoms with Gasteiger partial charge in [0.05, 0.1) is 13.5 Å². The van der Waals surface area contributed by atoms with Gasteiger partial charge in [-0.15, -0.1) is 0 Å². The molecule has 0 spiro atoms. The number of esters is 1. The molecule has 0 bridgehead atoms. The molecule has 6 heteroatoms. The van der Waals surface area contributed by atoms with Gasteiger partial charge in [-0.2, -0.15) is 0 Å². The number of halogens is 1. The zero-order valence-electron chi connectivity index (χ0n) is 12.5. The number of carbonyl (C=O) groups is 2. The third-order valence-electron chi connectivity index (χ3n) is 2.98. The van der Waals surface area contributed by atoms with Crippen LogP contribution in [0.4, 0.5) is 5.69 Å². The fourth-order valence-corrected chi connectivity index (χ4v) is 2.25. The van der Waals surface area contributed by atoms with E-state index < -0.39 is 0 Å². The standard InChI is InChI=1S/C17H16BrNO4/c1-22-17(21)10-8-15-6-5-14(23-15)7-9-16(20)19-13-4-2-3-12(18)11-13/h2-7,9,11H,8,10H2,1H3,(H,19,20)/b9-7+. The first-order valence-electron chi connectivity index (χ1n) is 6.97. The summed E-state index contributed by atoms with van der Waals surface area (Å²) in [4.78, 5) is 22.9. The number of methoxy groups -OCH3 is 1. The van der Waals surface area contributed by atoms with Crippen LogP contribution in [0.2, 0.25) is 0 Å². The lowest BCUT2D eigenvalue weighted by atomic mass is 10.2. The Labute approximate surface area is 142 Å². The number of hydrogen-bond donors (Lipinski definition) is 1. The average molecular weight is 378 g/mol. The number of hydrogen-bond acceptors (Lipinski definition) is 4. The lowest BCUT2D eigenvalue weighted by Crippen LogP contribution is -2.07. The number of benzene rings is 1. The highest BCUT2D eigenvalue weighted by Gasteiger charge is 2.05. The number of nitrogens with one attached hydrogen (secondary N) is 1. The van der Waals surface area contributed by atoms with E-state index in [4.69, 9.17) is 4.42 Å². The molecule has 1 amide bonds. The molecule has 2 rings (SSSR count). The number of amides is 1. The summed E-state index contributed by atoms with van der Waals surface area (Å²) >= 11 is 3.34. The first-order chi connectivity index (χ1) is 11.1. The molecule has 1 aromatic heterocycles. The molecule has 0 saturated heterocycles. The Kier molecular flexibility index (Phi) is 6.17. The van der Waals surface area contributed by atoms with Crippen molar-refractivity contribution in [1.82, 2.24) is 0 Å². The van der Waals surface area contributed by atoms with Crippen molar-refractivity contribution in [2.24, 2.45) is 0 Å². The third kappa shape index (κ3) is 5.75. The zero-order chi connectivity index (χ0) is 16.7. The molecule has 0 atom stereocenters. The van der Waals surface area contributed by atoms with Crippen LogP contribution in [-0.2, 0) is 20.7 Å². The number of carbonyl (C=O) groups excluding carboxylic acids is 2. The fraction of sp³-hybridized carbons (Fsp3) is 0.176. The number of anilines is 1. The highest BCUT2D eigenvalue weighted by atomic mass is 79.9. The molecular formula is C17H16BrNO4. The molecule has 0 aliphatic heterocycles. The molecule has 1 heterocycles. The van der Waals surface area contributed by atoms with E-state index in [9.17, 15) is 9.59 Å². The molecule has 0 saturated carbocycles. The van der Waals surface area contributed by atoms with E-state index in [1.54, 1.807) is 24.3 Å². The smallest absolute Gasteiger partial charge is 0.305 e. The van der Waals surface area contributed by atoms with E-state index in [1.165, 1.54) is 13.2 Å². The molecule has 2 aromatic rings. The van der Waals surface area contributed by atoms with Gasteiger partial charge in [-0.1, -0.05) is 22.0 Å². The van der Waals surface area contributed by atoms with Crippen LogP contribution in [0, 0.1) is 0 Å². The topological polar surface area (TPSA) is 68.5 Å². The van der Waals surface area contributed by atoms with Gasteiger partial charge in [0, 0.05) is 22.7 Å². The molecular weight excluding hydrogens is 362 g/mol. The summed E-state index contributed by atoms with van der Waals surface area (Å²) in [7, 11) is 1.35. The van der Waals surface area contributed by atoms with Crippen molar-refractivity contribution in [3.05, 3.63) is 58.5 Å². The van der Waals surface area contributed by atoms with Crippen LogP contribution in [0.3, 0.4) is 0 Å². The molecule has 0 aliphatic carbocycles. The summed E-state index contributed by atoms with van der Waals surface area (Å²) in [5, 5.41) is 2.75. The van der Waals surface area contributed by atoms with Gasteiger partial charge >= 0.3 is 5.97 Å². The first-order valence-corrected chi connectivity index (χ1v) is 7.76. The second-order valence-electron chi connectivity index (χ2n) is 4.71. The van der Waals surface area contributed by atoms with Gasteiger partial charge in [-0.25, -0.2) is 0 Å². The minimum absolute atomic E-state index is 0.254. The number of rotatable bonds is 6. The first kappa shape index (κ1) is 17.0. The predicted octanol–water partition coefficient (Wildman–Crippen LogP) is 3.80. The highest BCUT2D eigenvalue weighted by Crippen LogP contribution is 2.16. The Bertz CT molecular complexity index is 721. The number of furan rings is 1. The van der Waals surface area contributed by atoms with Crippen molar-refractivity contribution in [1.29, 1.82) is 0 Å². The molecule has 1 N–H and O–H groups in total. The summed E-state index contributed by atoms with van der Waals surface area (Å²) < 4.78 is 11.0. The highest BCUT2D eigenvalue weighted by molar-refractivity contribution is 9.10. The predicted molar refractivity (Wildman–Crippen MR) is 90.9 cm³/mol. The molecule has 0 aliphatic rings. The van der Waals surface area contributed by atoms with Gasteiger partial charge in [-0.3, -0.25) is 9.59 Å². The van der Waals surface area contributed by atoms with Crippen molar-refractivity contribution in [2.75, 3.05) is 12.4 Å². The van der Waals surface area contributed by atoms with Crippen molar-refractivity contribution in [2.45, 2.75) is 12.8 Å². The Hall–Kier alpha value is -2.34. The monoisotopic (exact) mass is 377 g/mol. The van der Waals surface area contributed by atoms with Crippen molar-refractivity contribution >= 4 is 39.6 Å². The maximum Gasteiger partial charge on any atom is 0.305 e. The molecule has 1 aromatic carbocycles. The molecule has 23 heavy (non-hydrogen) atoms. The Morgan fingerprint density at radius 3 is 2.87 bits per heavy atom. The maximum atomic E-state index is 11.8. The SMILES string of the molecule is COC(=O)CCc1ccc(/C=C/C(=O)Nc2cccc(Br)c2)o1. The van der Waals surface area contributed by atoms with Crippen LogP contribution in [0.1, 0.15) is 17.9 Å². The van der Waals surface area contributed by atoms with Crippen LogP contribution < -0.4 is 5.32 Å². The molecule has 0 radical (unpaired) electrons. The summed E-state index contributed by atoms with van der Waals surface area (Å²) in [5.74, 6) is 0.680. The number of ether oxygens (including phenoxy) is 1. The fourth-order valence-electron chi connectivity index (χ4n) is 1.85. The maximum absolute atomic E-state index is 11.8. The van der Waals surface area contributed by atoms with Gasteiger partial charge in [0.2, 0.25) is 5.91 Å². The molecule has 0 unspecified atom stereocenters. The van der Waals surface area contributed by atoms with Gasteiger partial charge in [0.25, 0.3) is 0 Å². The minimum atomic E-state index is -0.285. The van der Waals surface area contributed by atoms with Crippen molar-refractivity contribution < 1.29 is 18.7 Å². The average Bonchev–Trinajstić information content (AvgIpc) is 2.98. The van der Waals surface area contributed by atoms with E-state index in [1.807, 2.05) is 18.2 Å². The lowest BCUT2D eigenvalue weighted by Gasteiger charge is -2.01. The Morgan fingerprint density at radius 1 is 1.30 bits per heavy atom. The van der Waals surface area contributed by atoms with Crippen LogP contribution in [0.5, 0.6) is 0 Å². The summed E-state index contributed by atoms with van der Waals surface area (Å²) in [5.41, 5.74) is 0.701. The van der Waals surface area contributed by atoms with E-state index in [0.29, 0.717) is 23.6 Å². The van der Waals surface area contributed by atoms with Gasteiger partial charge < -0.3 is 14.5 Å². The van der Waals surface area contributed by atoms with E-state index in [0.717, 1.165) is 4.47 Å². The molecule has 5 nitrogen and oxygen atoms in total. The Balaban J connectivity index is 1.88. The van der Waals surface area contributed by atoms with E-state index >= 15 is 0 Å². The third-order valence-corrected chi connectivity index (χ3v) is 3.47. The van der Waals surface area contributed by atoms with Crippen LogP contribution >= 0.6 is 15.9 Å². The number of aryl methyl sites for hydroxylation is 1. The van der Waals surface area contributed by atoms with E-state index in [2.05, 4.69) is 26.0 Å². The minimum Gasteiger partial charge on any atom is -0.469 e. The normalized spacial score (nSPS) is 10.7. The van der Waals surface area contributed by atoms with Gasteiger partial charge in [0.15, 0.2) is 0 Å². The van der Waals surface area contributed by atoms with Gasteiger partial charge in [-0.05, 0) is 36.4 Å². The van der Waals surface area contributed by atoms with Crippen LogP contribution in [-0.4, -0.2) is 19.0 Å². The van der Waals surface area contributed by atoms with Crippen molar-refractivity contribution in [3.63, 3.8) is 0 Å². The van der Waals surface area contributed by atoms with E-state index in [-0.39, 0.29) is 18.3 Å². The molecule has 0 fully saturated rings. The summed E-state index contributed by atoms with van der Waals surface area (Å²) in [6.45, 7) is 0.